The van der Waals surface area contributed by atoms with Crippen LogP contribution in [0.3, 0.4) is 0 Å². The summed E-state index contributed by atoms with van der Waals surface area (Å²) in [6, 6.07) is 23.2. The smallest absolute Gasteiger partial charge is 0.210 e. The van der Waals surface area contributed by atoms with Gasteiger partial charge < -0.3 is 0 Å². The van der Waals surface area contributed by atoms with Gasteiger partial charge in [-0.2, -0.15) is 5.10 Å². The summed E-state index contributed by atoms with van der Waals surface area (Å²) in [5.74, 6) is 0. The van der Waals surface area contributed by atoms with Gasteiger partial charge in [-0.1, -0.05) is 79.8 Å². The van der Waals surface area contributed by atoms with E-state index in [4.69, 9.17) is 5.10 Å². The number of pyridine rings is 1. The van der Waals surface area contributed by atoms with Crippen LogP contribution in [0.15, 0.2) is 82.6 Å². The maximum absolute atomic E-state index is 14.0. The Morgan fingerprint density at radius 3 is 2.00 bits per heavy atom. The molecule has 0 amide bonds. The lowest BCUT2D eigenvalue weighted by Gasteiger charge is -2.15. The molecule has 5 aromatic rings. The van der Waals surface area contributed by atoms with Crippen molar-refractivity contribution in [3.05, 3.63) is 78.4 Å². The van der Waals surface area contributed by atoms with Crippen LogP contribution in [0.5, 0.6) is 0 Å². The molecule has 0 radical (unpaired) electrons. The van der Waals surface area contributed by atoms with Crippen molar-refractivity contribution in [2.75, 3.05) is 0 Å². The monoisotopic (exact) mass is 444 g/mol. The van der Waals surface area contributed by atoms with Gasteiger partial charge >= 0.3 is 0 Å². The maximum Gasteiger partial charge on any atom is 0.210 e. The van der Waals surface area contributed by atoms with E-state index in [2.05, 4.69) is 31.8 Å². The number of aromatic nitrogens is 2. The van der Waals surface area contributed by atoms with Crippen LogP contribution >= 0.6 is 0 Å². The number of sulfone groups is 1. The lowest BCUT2D eigenvalue weighted by atomic mass is 10.1. The lowest BCUT2D eigenvalue weighted by molar-refractivity contribution is 0.597. The van der Waals surface area contributed by atoms with Crippen molar-refractivity contribution in [3.8, 4) is 0 Å². The van der Waals surface area contributed by atoms with E-state index in [0.29, 0.717) is 15.3 Å². The van der Waals surface area contributed by atoms with Crippen molar-refractivity contribution in [2.45, 2.75) is 36.4 Å². The quantitative estimate of drug-likeness (QED) is 0.279. The van der Waals surface area contributed by atoms with Crippen molar-refractivity contribution in [1.29, 1.82) is 0 Å². The SMILES string of the molecule is Cc1ccc(S(=O)(=O)c2c([Si](C)(C)C)nn3c4ccccc4c4ccccc4c23)cc1. The van der Waals surface area contributed by atoms with Crippen LogP contribution in [0.4, 0.5) is 0 Å². The summed E-state index contributed by atoms with van der Waals surface area (Å²) in [6.07, 6.45) is 0. The molecular weight excluding hydrogens is 420 g/mol. The highest BCUT2D eigenvalue weighted by molar-refractivity contribution is 7.92. The molecule has 0 aliphatic heterocycles. The number of hydrogen-bond donors (Lipinski definition) is 0. The van der Waals surface area contributed by atoms with Crippen molar-refractivity contribution >= 4 is 50.4 Å². The molecule has 0 fully saturated rings. The molecule has 2 heterocycles. The van der Waals surface area contributed by atoms with Crippen molar-refractivity contribution in [2.24, 2.45) is 0 Å². The summed E-state index contributed by atoms with van der Waals surface area (Å²) in [4.78, 5) is 0.669. The van der Waals surface area contributed by atoms with Gasteiger partial charge in [-0.05, 0) is 30.5 Å². The van der Waals surface area contributed by atoms with Crippen LogP contribution in [-0.2, 0) is 9.84 Å². The Hall–Kier alpha value is -2.96. The molecule has 0 saturated heterocycles. The molecule has 0 aliphatic rings. The average Bonchev–Trinajstić information content (AvgIpc) is 3.17. The number of rotatable bonds is 3. The summed E-state index contributed by atoms with van der Waals surface area (Å²) in [5.41, 5.74) is 2.62. The van der Waals surface area contributed by atoms with Gasteiger partial charge in [-0.15, -0.1) is 0 Å². The van der Waals surface area contributed by atoms with E-state index in [1.54, 1.807) is 12.1 Å². The van der Waals surface area contributed by atoms with Gasteiger partial charge in [-0.3, -0.25) is 0 Å². The third kappa shape index (κ3) is 3.01. The minimum atomic E-state index is -3.76. The van der Waals surface area contributed by atoms with Gasteiger partial charge in [0.2, 0.25) is 9.84 Å². The minimum absolute atomic E-state index is 0.310. The average molecular weight is 445 g/mol. The molecular formula is C25H24N2O2SSi. The van der Waals surface area contributed by atoms with Gasteiger partial charge in [0.1, 0.15) is 13.0 Å². The first kappa shape index (κ1) is 20.0. The zero-order valence-electron chi connectivity index (χ0n) is 18.0. The second kappa shape index (κ2) is 6.77. The van der Waals surface area contributed by atoms with E-state index in [1.807, 2.05) is 60.0 Å². The first-order valence-electron chi connectivity index (χ1n) is 10.3. The molecule has 156 valence electrons. The second-order valence-corrected chi connectivity index (χ2v) is 15.9. The summed E-state index contributed by atoms with van der Waals surface area (Å²) in [5, 5.41) is 8.69. The van der Waals surface area contributed by atoms with E-state index in [9.17, 15) is 8.42 Å². The number of benzene rings is 3. The Morgan fingerprint density at radius 1 is 0.774 bits per heavy atom. The number of para-hydroxylation sites is 1. The Labute approximate surface area is 183 Å². The largest absolute Gasteiger partial charge is 0.231 e. The third-order valence-corrected chi connectivity index (χ3v) is 9.53. The maximum atomic E-state index is 14.0. The molecule has 0 bridgehead atoms. The van der Waals surface area contributed by atoms with Crippen LogP contribution < -0.4 is 5.32 Å². The predicted octanol–water partition coefficient (Wildman–Crippen LogP) is 5.33. The van der Waals surface area contributed by atoms with Crippen molar-refractivity contribution in [1.82, 2.24) is 9.61 Å². The molecule has 4 nitrogen and oxygen atoms in total. The van der Waals surface area contributed by atoms with Crippen LogP contribution in [0, 0.1) is 6.92 Å². The van der Waals surface area contributed by atoms with Crippen LogP contribution in [0.2, 0.25) is 19.6 Å². The normalized spacial score (nSPS) is 12.8. The summed E-state index contributed by atoms with van der Waals surface area (Å²) in [7, 11) is -5.86. The van der Waals surface area contributed by atoms with E-state index in [-0.39, 0.29) is 0 Å². The van der Waals surface area contributed by atoms with Gasteiger partial charge in [-0.25, -0.2) is 12.9 Å². The van der Waals surface area contributed by atoms with Gasteiger partial charge in [0.15, 0.2) is 0 Å². The highest BCUT2D eigenvalue weighted by atomic mass is 32.2. The molecule has 0 atom stereocenters. The first-order chi connectivity index (χ1) is 14.7. The molecule has 3 aromatic carbocycles. The molecule has 0 N–H and O–H groups in total. The summed E-state index contributed by atoms with van der Waals surface area (Å²) < 4.78 is 29.9. The Balaban J connectivity index is 2.04. The number of hydrogen-bond acceptors (Lipinski definition) is 3. The number of aryl methyl sites for hydroxylation is 1. The molecule has 0 unspecified atom stereocenters. The van der Waals surface area contributed by atoms with Gasteiger partial charge in [0.05, 0.1) is 21.2 Å². The minimum Gasteiger partial charge on any atom is -0.231 e. The number of nitrogens with zero attached hydrogens (tertiary/aromatic N) is 2. The first-order valence-corrected chi connectivity index (χ1v) is 15.3. The molecule has 2 aromatic heterocycles. The Bertz CT molecular complexity index is 1580. The fourth-order valence-corrected chi connectivity index (χ4v) is 8.20. The zero-order valence-corrected chi connectivity index (χ0v) is 19.9. The van der Waals surface area contributed by atoms with Crippen LogP contribution in [0.1, 0.15) is 5.56 Å². The summed E-state index contributed by atoms with van der Waals surface area (Å²) >= 11 is 0. The molecule has 6 heteroatoms. The molecule has 5 rings (SSSR count). The van der Waals surface area contributed by atoms with E-state index >= 15 is 0 Å². The van der Waals surface area contributed by atoms with E-state index in [0.717, 1.165) is 32.6 Å². The second-order valence-electron chi connectivity index (χ2n) is 9.07. The molecule has 0 saturated carbocycles. The van der Waals surface area contributed by atoms with E-state index in [1.165, 1.54) is 0 Å². The number of fused-ring (bicyclic) bond motifs is 6. The molecule has 0 spiro atoms. The third-order valence-electron chi connectivity index (χ3n) is 5.76. The summed E-state index contributed by atoms with van der Waals surface area (Å²) in [6.45, 7) is 8.40. The van der Waals surface area contributed by atoms with Crippen LogP contribution in [-0.4, -0.2) is 26.1 Å². The van der Waals surface area contributed by atoms with Crippen LogP contribution in [0.25, 0.3) is 27.2 Å². The topological polar surface area (TPSA) is 51.4 Å². The molecule has 31 heavy (non-hydrogen) atoms. The Morgan fingerprint density at radius 2 is 1.35 bits per heavy atom. The highest BCUT2D eigenvalue weighted by Crippen LogP contribution is 2.35. The standard InChI is InChI=1S/C25H24N2O2SSi/c1-17-13-15-18(16-14-17)30(28,29)24-23-21-11-6-5-9-19(21)20-10-7-8-12-22(20)27(23)26-25(24)31(2,3)4/h5-16H,1-4H3. The van der Waals surface area contributed by atoms with Gasteiger partial charge in [0, 0.05) is 10.8 Å². The lowest BCUT2D eigenvalue weighted by Crippen LogP contribution is -2.42. The zero-order chi connectivity index (χ0) is 22.0. The Kier molecular flexibility index (Phi) is 4.36. The van der Waals surface area contributed by atoms with E-state index < -0.39 is 17.9 Å². The molecule has 0 aliphatic carbocycles. The predicted molar refractivity (Wildman–Crippen MR) is 130 cm³/mol. The van der Waals surface area contributed by atoms with Crippen molar-refractivity contribution in [3.63, 3.8) is 0 Å². The fraction of sp³-hybridized carbons (Fsp3) is 0.160. The van der Waals surface area contributed by atoms with Crippen molar-refractivity contribution < 1.29 is 8.42 Å². The highest BCUT2D eigenvalue weighted by Gasteiger charge is 2.35. The fourth-order valence-electron chi connectivity index (χ4n) is 4.21. The van der Waals surface area contributed by atoms with Gasteiger partial charge in [0.25, 0.3) is 0 Å².